The first-order valence-corrected chi connectivity index (χ1v) is 12.0. The van der Waals surface area contributed by atoms with E-state index < -0.39 is 5.91 Å². The molecule has 4 rings (SSSR count). The maximum absolute atomic E-state index is 12.9. The maximum Gasteiger partial charge on any atom is 0.298 e. The van der Waals surface area contributed by atoms with Gasteiger partial charge in [0.05, 0.1) is 17.7 Å². The highest BCUT2D eigenvalue weighted by atomic mass is 79.9. The standard InChI is InChI=1S/C24H16BrCl2NO4S/c1-31-20-10-15(19(25)12-21(20)32-13-14-2-4-16(26)5-3-14)11-22-23(29)28(24(30)33-22)18-8-6-17(27)7-9-18/h2-12H,13H2,1H3/b22-11+. The van der Waals surface area contributed by atoms with Gasteiger partial charge in [-0.15, -0.1) is 0 Å². The van der Waals surface area contributed by atoms with E-state index in [1.807, 2.05) is 12.1 Å². The quantitative estimate of drug-likeness (QED) is 0.289. The Hall–Kier alpha value is -2.45. The summed E-state index contributed by atoms with van der Waals surface area (Å²) in [6.07, 6.45) is 1.65. The van der Waals surface area contributed by atoms with Gasteiger partial charge in [-0.05, 0) is 77.5 Å². The third kappa shape index (κ3) is 5.38. The molecule has 0 N–H and O–H groups in total. The van der Waals surface area contributed by atoms with Crippen LogP contribution in [-0.4, -0.2) is 18.3 Å². The number of carbonyl (C=O) groups excluding carboxylic acids is 2. The van der Waals surface area contributed by atoms with Crippen LogP contribution in [0.3, 0.4) is 0 Å². The number of nitrogens with zero attached hydrogens (tertiary/aromatic N) is 1. The normalized spacial score (nSPS) is 14.8. The van der Waals surface area contributed by atoms with Crippen molar-refractivity contribution < 1.29 is 19.1 Å². The second-order valence-corrected chi connectivity index (χ2v) is 9.65. The highest BCUT2D eigenvalue weighted by Crippen LogP contribution is 2.39. The molecule has 1 aliphatic heterocycles. The number of hydrogen-bond acceptors (Lipinski definition) is 5. The van der Waals surface area contributed by atoms with E-state index in [-0.39, 0.29) is 5.24 Å². The van der Waals surface area contributed by atoms with Gasteiger partial charge in [0.1, 0.15) is 6.61 Å². The van der Waals surface area contributed by atoms with Crippen molar-refractivity contribution in [1.82, 2.24) is 0 Å². The summed E-state index contributed by atoms with van der Waals surface area (Å²) >= 11 is 16.2. The third-order valence-corrected chi connectivity index (χ3v) is 6.82. The smallest absolute Gasteiger partial charge is 0.298 e. The van der Waals surface area contributed by atoms with E-state index >= 15 is 0 Å². The van der Waals surface area contributed by atoms with Crippen LogP contribution in [-0.2, 0) is 11.4 Å². The zero-order chi connectivity index (χ0) is 23.5. The van der Waals surface area contributed by atoms with Crippen molar-refractivity contribution in [3.05, 3.63) is 91.2 Å². The molecule has 2 amide bonds. The molecule has 0 spiro atoms. The molecule has 168 valence electrons. The number of rotatable bonds is 6. The van der Waals surface area contributed by atoms with Crippen LogP contribution in [0.15, 0.2) is 70.0 Å². The first-order valence-electron chi connectivity index (χ1n) is 9.64. The SMILES string of the molecule is COc1cc(/C=C2/SC(=O)N(c3ccc(Cl)cc3)C2=O)c(Br)cc1OCc1ccc(Cl)cc1. The molecule has 1 aliphatic rings. The molecule has 5 nitrogen and oxygen atoms in total. The molecular weight excluding hydrogens is 549 g/mol. The van der Waals surface area contributed by atoms with Crippen LogP contribution in [0, 0.1) is 0 Å². The number of anilines is 1. The van der Waals surface area contributed by atoms with E-state index in [0.717, 1.165) is 22.2 Å². The Balaban J connectivity index is 1.57. The summed E-state index contributed by atoms with van der Waals surface area (Å²) in [5, 5.41) is 0.805. The van der Waals surface area contributed by atoms with Crippen molar-refractivity contribution in [2.75, 3.05) is 12.0 Å². The van der Waals surface area contributed by atoms with Gasteiger partial charge in [-0.1, -0.05) is 51.3 Å². The number of halogens is 3. The largest absolute Gasteiger partial charge is 0.493 e. The molecule has 33 heavy (non-hydrogen) atoms. The minimum Gasteiger partial charge on any atom is -0.493 e. The Morgan fingerprint density at radius 3 is 2.24 bits per heavy atom. The summed E-state index contributed by atoms with van der Waals surface area (Å²) in [7, 11) is 1.54. The highest BCUT2D eigenvalue weighted by Gasteiger charge is 2.36. The summed E-state index contributed by atoms with van der Waals surface area (Å²) < 4.78 is 12.1. The van der Waals surface area contributed by atoms with E-state index in [9.17, 15) is 9.59 Å². The molecular formula is C24H16BrCl2NO4S. The molecule has 3 aromatic rings. The van der Waals surface area contributed by atoms with E-state index in [0.29, 0.717) is 48.8 Å². The minimum atomic E-state index is -0.402. The van der Waals surface area contributed by atoms with Crippen LogP contribution in [0.4, 0.5) is 10.5 Å². The Bertz CT molecular complexity index is 1250. The van der Waals surface area contributed by atoms with Gasteiger partial charge in [0, 0.05) is 14.5 Å². The lowest BCUT2D eigenvalue weighted by Crippen LogP contribution is -2.27. The van der Waals surface area contributed by atoms with Gasteiger partial charge in [0.15, 0.2) is 11.5 Å². The van der Waals surface area contributed by atoms with Gasteiger partial charge >= 0.3 is 0 Å². The lowest BCUT2D eigenvalue weighted by molar-refractivity contribution is -0.113. The molecule has 0 radical (unpaired) electrons. The first kappa shape index (κ1) is 23.7. The second kappa shape index (κ2) is 10.2. The monoisotopic (exact) mass is 563 g/mol. The Morgan fingerprint density at radius 2 is 1.61 bits per heavy atom. The maximum atomic E-state index is 12.9. The van der Waals surface area contributed by atoms with Crippen LogP contribution < -0.4 is 14.4 Å². The summed E-state index contributed by atoms with van der Waals surface area (Å²) in [6.45, 7) is 0.333. The van der Waals surface area contributed by atoms with E-state index in [1.165, 1.54) is 7.11 Å². The van der Waals surface area contributed by atoms with Gasteiger partial charge in [-0.25, -0.2) is 4.90 Å². The van der Waals surface area contributed by atoms with Gasteiger partial charge in [-0.3, -0.25) is 9.59 Å². The number of methoxy groups -OCH3 is 1. The number of hydrogen-bond donors (Lipinski definition) is 0. The first-order chi connectivity index (χ1) is 15.9. The number of thioether (sulfide) groups is 1. The number of benzene rings is 3. The topological polar surface area (TPSA) is 55.8 Å². The van der Waals surface area contributed by atoms with Crippen molar-refractivity contribution in [2.45, 2.75) is 6.61 Å². The number of amides is 2. The van der Waals surface area contributed by atoms with Crippen LogP contribution in [0.25, 0.3) is 6.08 Å². The molecule has 9 heteroatoms. The highest BCUT2D eigenvalue weighted by molar-refractivity contribution is 9.10. The molecule has 1 saturated heterocycles. The molecule has 1 fully saturated rings. The van der Waals surface area contributed by atoms with E-state index in [2.05, 4.69) is 15.9 Å². The van der Waals surface area contributed by atoms with Crippen molar-refractivity contribution in [3.63, 3.8) is 0 Å². The molecule has 0 unspecified atom stereocenters. The predicted molar refractivity (Wildman–Crippen MR) is 136 cm³/mol. The Morgan fingerprint density at radius 1 is 0.970 bits per heavy atom. The van der Waals surface area contributed by atoms with Crippen molar-refractivity contribution in [3.8, 4) is 11.5 Å². The zero-order valence-corrected chi connectivity index (χ0v) is 21.1. The van der Waals surface area contributed by atoms with Gasteiger partial charge < -0.3 is 9.47 Å². The minimum absolute atomic E-state index is 0.299. The third-order valence-electron chi connectivity index (χ3n) is 4.76. The number of imide groups is 1. The molecule has 3 aromatic carbocycles. The molecule has 0 aromatic heterocycles. The van der Waals surface area contributed by atoms with Crippen molar-refractivity contribution in [2.24, 2.45) is 0 Å². The fraction of sp³-hybridized carbons (Fsp3) is 0.0833. The fourth-order valence-electron chi connectivity index (χ4n) is 3.10. The van der Waals surface area contributed by atoms with Crippen LogP contribution >= 0.6 is 50.9 Å². The van der Waals surface area contributed by atoms with Crippen molar-refractivity contribution in [1.29, 1.82) is 0 Å². The molecule has 0 aliphatic carbocycles. The average molecular weight is 565 g/mol. The molecule has 0 atom stereocenters. The summed E-state index contributed by atoms with van der Waals surface area (Å²) in [5.74, 6) is 0.627. The summed E-state index contributed by atoms with van der Waals surface area (Å²) in [4.78, 5) is 26.9. The number of carbonyl (C=O) groups is 2. The average Bonchev–Trinajstić information content (AvgIpc) is 3.08. The van der Waals surface area contributed by atoms with Gasteiger partial charge in [0.2, 0.25) is 0 Å². The molecule has 0 bridgehead atoms. The lowest BCUT2D eigenvalue weighted by atomic mass is 10.1. The zero-order valence-electron chi connectivity index (χ0n) is 17.2. The van der Waals surface area contributed by atoms with Crippen LogP contribution in [0.5, 0.6) is 11.5 Å². The molecule has 1 heterocycles. The Kier molecular flexibility index (Phi) is 7.34. The van der Waals surface area contributed by atoms with Crippen LogP contribution in [0.2, 0.25) is 10.0 Å². The van der Waals surface area contributed by atoms with E-state index in [1.54, 1.807) is 54.6 Å². The van der Waals surface area contributed by atoms with E-state index in [4.69, 9.17) is 32.7 Å². The molecule has 0 saturated carbocycles. The number of ether oxygens (including phenoxy) is 2. The fourth-order valence-corrected chi connectivity index (χ4v) is 4.62. The predicted octanol–water partition coefficient (Wildman–Crippen LogP) is 7.58. The second-order valence-electron chi connectivity index (χ2n) is 6.93. The summed E-state index contributed by atoms with van der Waals surface area (Å²) in [5.41, 5.74) is 2.10. The Labute approximate surface area is 213 Å². The van der Waals surface area contributed by atoms with Gasteiger partial charge in [0.25, 0.3) is 11.1 Å². The van der Waals surface area contributed by atoms with Gasteiger partial charge in [-0.2, -0.15) is 0 Å². The van der Waals surface area contributed by atoms with Crippen molar-refractivity contribution >= 4 is 73.8 Å². The van der Waals surface area contributed by atoms with Crippen LogP contribution in [0.1, 0.15) is 11.1 Å². The summed E-state index contributed by atoms with van der Waals surface area (Å²) in [6, 6.07) is 17.4. The lowest BCUT2D eigenvalue weighted by Gasteiger charge is -2.13.